The summed E-state index contributed by atoms with van der Waals surface area (Å²) in [5.74, 6) is 0.548. The zero-order chi connectivity index (χ0) is 22.7. The molecule has 1 heterocycles. The van der Waals surface area contributed by atoms with Crippen LogP contribution in [0.2, 0.25) is 0 Å². The molecular formula is C27H30FNO3. The molecule has 1 aliphatic rings. The van der Waals surface area contributed by atoms with Crippen molar-refractivity contribution in [1.82, 2.24) is 0 Å². The van der Waals surface area contributed by atoms with Crippen LogP contribution >= 0.6 is 0 Å². The molecule has 0 aromatic heterocycles. The van der Waals surface area contributed by atoms with Gasteiger partial charge >= 0.3 is 0 Å². The van der Waals surface area contributed by atoms with Gasteiger partial charge in [0.05, 0.1) is 6.61 Å². The van der Waals surface area contributed by atoms with Gasteiger partial charge in [0, 0.05) is 24.9 Å². The zero-order valence-electron chi connectivity index (χ0n) is 19.0. The molecule has 0 aliphatic carbocycles. The highest BCUT2D eigenvalue weighted by molar-refractivity contribution is 5.53. The standard InChI is InChI=1S/C27H30FNO3/c1-18-8-10-19(11-9-18)17-31-26-25(30-4)23-15-22(12-13-24(23)32-27(26,2)3)29-16-20-6-5-7-21(28)14-20/h5-15,25-26,29H,16-17H2,1-4H3. The smallest absolute Gasteiger partial charge is 0.132 e. The minimum atomic E-state index is -0.561. The van der Waals surface area contributed by atoms with Crippen LogP contribution in [0.3, 0.4) is 0 Å². The first-order chi connectivity index (χ1) is 15.4. The monoisotopic (exact) mass is 435 g/mol. The van der Waals surface area contributed by atoms with Gasteiger partial charge in [-0.25, -0.2) is 4.39 Å². The predicted octanol–water partition coefficient (Wildman–Crippen LogP) is 6.19. The van der Waals surface area contributed by atoms with Crippen LogP contribution in [0.25, 0.3) is 0 Å². The fourth-order valence-electron chi connectivity index (χ4n) is 4.10. The molecule has 1 aliphatic heterocycles. The summed E-state index contributed by atoms with van der Waals surface area (Å²) < 4.78 is 32.1. The quantitative estimate of drug-likeness (QED) is 0.480. The average Bonchev–Trinajstić information content (AvgIpc) is 2.77. The fraction of sp³-hybridized carbons (Fsp3) is 0.333. The number of benzene rings is 3. The van der Waals surface area contributed by atoms with Crippen LogP contribution in [-0.2, 0) is 22.6 Å². The Kier molecular flexibility index (Phi) is 6.49. The minimum absolute atomic E-state index is 0.238. The van der Waals surface area contributed by atoms with E-state index in [9.17, 15) is 4.39 Å². The minimum Gasteiger partial charge on any atom is -0.485 e. The number of methoxy groups -OCH3 is 1. The largest absolute Gasteiger partial charge is 0.485 e. The Morgan fingerprint density at radius 1 is 1.00 bits per heavy atom. The van der Waals surface area contributed by atoms with E-state index in [1.54, 1.807) is 13.2 Å². The lowest BCUT2D eigenvalue weighted by Gasteiger charge is -2.44. The number of rotatable bonds is 7. The first-order valence-corrected chi connectivity index (χ1v) is 10.9. The molecule has 168 valence electrons. The van der Waals surface area contributed by atoms with Crippen LogP contribution in [0.4, 0.5) is 10.1 Å². The van der Waals surface area contributed by atoms with Crippen molar-refractivity contribution in [3.8, 4) is 5.75 Å². The maximum Gasteiger partial charge on any atom is 0.132 e. The van der Waals surface area contributed by atoms with Gasteiger partial charge in [0.2, 0.25) is 0 Å². The van der Waals surface area contributed by atoms with E-state index in [0.717, 1.165) is 28.1 Å². The first-order valence-electron chi connectivity index (χ1n) is 10.9. The Morgan fingerprint density at radius 3 is 2.50 bits per heavy atom. The fourth-order valence-corrected chi connectivity index (χ4v) is 4.10. The van der Waals surface area contributed by atoms with Crippen LogP contribution in [0.5, 0.6) is 5.75 Å². The third-order valence-electron chi connectivity index (χ3n) is 5.84. The summed E-state index contributed by atoms with van der Waals surface area (Å²) in [6, 6.07) is 20.9. The van der Waals surface area contributed by atoms with Crippen LogP contribution < -0.4 is 10.1 Å². The molecule has 2 unspecified atom stereocenters. The number of hydrogen-bond acceptors (Lipinski definition) is 4. The van der Waals surface area contributed by atoms with Crippen LogP contribution in [0.1, 0.15) is 42.2 Å². The maximum absolute atomic E-state index is 13.5. The molecule has 0 saturated carbocycles. The highest BCUT2D eigenvalue weighted by Gasteiger charge is 2.45. The normalized spacial score (nSPS) is 19.2. The van der Waals surface area contributed by atoms with Crippen LogP contribution in [0, 0.1) is 12.7 Å². The Labute approximate surface area is 189 Å². The van der Waals surface area contributed by atoms with E-state index in [0.29, 0.717) is 13.2 Å². The van der Waals surface area contributed by atoms with Gasteiger partial charge < -0.3 is 19.5 Å². The molecule has 0 amide bonds. The molecule has 0 bridgehead atoms. The second-order valence-corrected chi connectivity index (χ2v) is 8.82. The SMILES string of the molecule is COC1c2cc(NCc3cccc(F)c3)ccc2OC(C)(C)C1OCc1ccc(C)cc1. The summed E-state index contributed by atoms with van der Waals surface area (Å²) in [7, 11) is 1.70. The molecule has 0 spiro atoms. The van der Waals surface area contributed by atoms with Gasteiger partial charge in [-0.15, -0.1) is 0 Å². The van der Waals surface area contributed by atoms with Crippen LogP contribution in [-0.4, -0.2) is 18.8 Å². The number of nitrogens with one attached hydrogen (secondary N) is 1. The third kappa shape index (κ3) is 4.95. The Hall–Kier alpha value is -2.89. The van der Waals surface area contributed by atoms with Crippen molar-refractivity contribution in [3.63, 3.8) is 0 Å². The molecule has 5 heteroatoms. The van der Waals surface area contributed by atoms with E-state index in [2.05, 4.69) is 36.5 Å². The van der Waals surface area contributed by atoms with Gasteiger partial charge in [0.15, 0.2) is 0 Å². The van der Waals surface area contributed by atoms with Crippen molar-refractivity contribution in [2.24, 2.45) is 0 Å². The molecule has 0 saturated heterocycles. The van der Waals surface area contributed by atoms with Crippen molar-refractivity contribution < 1.29 is 18.6 Å². The Balaban J connectivity index is 1.53. The third-order valence-corrected chi connectivity index (χ3v) is 5.84. The second kappa shape index (κ2) is 9.31. The summed E-state index contributed by atoms with van der Waals surface area (Å²) >= 11 is 0. The van der Waals surface area contributed by atoms with Gasteiger partial charge in [0.25, 0.3) is 0 Å². The van der Waals surface area contributed by atoms with Crippen molar-refractivity contribution in [3.05, 3.63) is 94.8 Å². The molecule has 2 atom stereocenters. The van der Waals surface area contributed by atoms with Gasteiger partial charge in [-0.05, 0) is 62.2 Å². The molecule has 0 radical (unpaired) electrons. The topological polar surface area (TPSA) is 39.7 Å². The number of fused-ring (bicyclic) bond motifs is 1. The molecule has 4 nitrogen and oxygen atoms in total. The summed E-state index contributed by atoms with van der Waals surface area (Å²) in [4.78, 5) is 0. The van der Waals surface area contributed by atoms with E-state index in [4.69, 9.17) is 14.2 Å². The van der Waals surface area contributed by atoms with Crippen LogP contribution in [0.15, 0.2) is 66.7 Å². The molecule has 3 aromatic carbocycles. The van der Waals surface area contributed by atoms with E-state index in [1.807, 2.05) is 38.1 Å². The van der Waals surface area contributed by atoms with E-state index < -0.39 is 5.60 Å². The van der Waals surface area contributed by atoms with E-state index in [-0.39, 0.29) is 18.0 Å². The highest BCUT2D eigenvalue weighted by atomic mass is 19.1. The predicted molar refractivity (Wildman–Crippen MR) is 124 cm³/mol. The number of anilines is 1. The number of ether oxygens (including phenoxy) is 3. The molecule has 1 N–H and O–H groups in total. The number of hydrogen-bond donors (Lipinski definition) is 1. The lowest BCUT2D eigenvalue weighted by Crippen LogP contribution is -2.50. The van der Waals surface area contributed by atoms with E-state index in [1.165, 1.54) is 17.7 Å². The van der Waals surface area contributed by atoms with Crippen molar-refractivity contribution in [2.45, 2.75) is 51.7 Å². The van der Waals surface area contributed by atoms with E-state index >= 15 is 0 Å². The number of aryl methyl sites for hydroxylation is 1. The molecule has 0 fully saturated rings. The van der Waals surface area contributed by atoms with Gasteiger partial charge in [0.1, 0.15) is 29.4 Å². The van der Waals surface area contributed by atoms with Crippen molar-refractivity contribution >= 4 is 5.69 Å². The zero-order valence-corrected chi connectivity index (χ0v) is 19.0. The van der Waals surface area contributed by atoms with Crippen molar-refractivity contribution in [2.75, 3.05) is 12.4 Å². The molecule has 3 aromatic rings. The summed E-state index contributed by atoms with van der Waals surface area (Å²) in [5, 5.41) is 3.36. The molecule has 32 heavy (non-hydrogen) atoms. The summed E-state index contributed by atoms with van der Waals surface area (Å²) in [5.41, 5.74) is 4.49. The van der Waals surface area contributed by atoms with Gasteiger partial charge in [-0.3, -0.25) is 0 Å². The molecule has 4 rings (SSSR count). The molecular weight excluding hydrogens is 405 g/mol. The maximum atomic E-state index is 13.5. The lowest BCUT2D eigenvalue weighted by molar-refractivity contribution is -0.159. The summed E-state index contributed by atoms with van der Waals surface area (Å²) in [6.45, 7) is 7.12. The number of halogens is 1. The van der Waals surface area contributed by atoms with Gasteiger partial charge in [-0.1, -0.05) is 42.0 Å². The first kappa shape index (κ1) is 22.3. The lowest BCUT2D eigenvalue weighted by atomic mass is 9.88. The summed E-state index contributed by atoms with van der Waals surface area (Å²) in [6.07, 6.45) is -0.574. The average molecular weight is 436 g/mol. The van der Waals surface area contributed by atoms with Gasteiger partial charge in [-0.2, -0.15) is 0 Å². The highest BCUT2D eigenvalue weighted by Crippen LogP contribution is 2.44. The van der Waals surface area contributed by atoms with Crippen molar-refractivity contribution in [1.29, 1.82) is 0 Å². The Bertz CT molecular complexity index is 1060. The second-order valence-electron chi connectivity index (χ2n) is 8.82. The Morgan fingerprint density at radius 2 is 1.78 bits per heavy atom.